The van der Waals surface area contributed by atoms with E-state index in [2.05, 4.69) is 27.7 Å². The van der Waals surface area contributed by atoms with Crippen LogP contribution in [-0.4, -0.2) is 29.9 Å². The molecule has 1 aliphatic heterocycles. The van der Waals surface area contributed by atoms with Gasteiger partial charge in [-0.1, -0.05) is 27.7 Å². The van der Waals surface area contributed by atoms with E-state index >= 15 is 0 Å². The summed E-state index contributed by atoms with van der Waals surface area (Å²) in [5, 5.41) is 0. The fourth-order valence-corrected chi connectivity index (χ4v) is 2.38. The maximum absolute atomic E-state index is 12.0. The third kappa shape index (κ3) is 4.30. The molecule has 0 aromatic heterocycles. The van der Waals surface area contributed by atoms with Crippen molar-refractivity contribution in [1.82, 2.24) is 4.90 Å². The molecule has 0 saturated carbocycles. The Kier molecular flexibility index (Phi) is 5.44. The number of rotatable bonds is 4. The van der Waals surface area contributed by atoms with E-state index in [1.807, 2.05) is 4.90 Å². The zero-order valence-electron chi connectivity index (χ0n) is 11.8. The van der Waals surface area contributed by atoms with Crippen LogP contribution in [0.25, 0.3) is 0 Å². The van der Waals surface area contributed by atoms with Crippen LogP contribution >= 0.6 is 0 Å². The van der Waals surface area contributed by atoms with Crippen LogP contribution in [0.15, 0.2) is 0 Å². The van der Waals surface area contributed by atoms with Crippen LogP contribution in [-0.2, 0) is 4.79 Å². The van der Waals surface area contributed by atoms with Crippen LogP contribution in [0.2, 0.25) is 0 Å². The summed E-state index contributed by atoms with van der Waals surface area (Å²) < 4.78 is 0. The fourth-order valence-electron chi connectivity index (χ4n) is 2.38. The summed E-state index contributed by atoms with van der Waals surface area (Å²) in [6.07, 6.45) is 2.81. The minimum atomic E-state index is 0.00493. The van der Waals surface area contributed by atoms with Gasteiger partial charge in [-0.3, -0.25) is 4.79 Å². The number of piperidine rings is 1. The van der Waals surface area contributed by atoms with Crippen molar-refractivity contribution in [3.63, 3.8) is 0 Å². The maximum Gasteiger partial charge on any atom is 0.224 e. The average molecular weight is 240 g/mol. The first-order valence-corrected chi connectivity index (χ1v) is 6.95. The van der Waals surface area contributed by atoms with E-state index in [0.29, 0.717) is 12.3 Å². The van der Waals surface area contributed by atoms with E-state index in [0.717, 1.165) is 37.8 Å². The molecule has 0 radical (unpaired) electrons. The summed E-state index contributed by atoms with van der Waals surface area (Å²) in [5.74, 6) is 2.16. The Morgan fingerprint density at radius 3 is 2.18 bits per heavy atom. The summed E-state index contributed by atoms with van der Waals surface area (Å²) in [7, 11) is 0. The molecule has 0 aromatic rings. The number of amides is 1. The normalized spacial score (nSPS) is 20.1. The van der Waals surface area contributed by atoms with E-state index in [-0.39, 0.29) is 11.9 Å². The third-order valence-electron chi connectivity index (χ3n) is 4.10. The zero-order chi connectivity index (χ0) is 13.0. The van der Waals surface area contributed by atoms with Gasteiger partial charge < -0.3 is 10.6 Å². The van der Waals surface area contributed by atoms with Crippen LogP contribution in [0.3, 0.4) is 0 Å². The van der Waals surface area contributed by atoms with Crippen LogP contribution in [0.4, 0.5) is 0 Å². The first-order valence-electron chi connectivity index (χ1n) is 6.95. The highest BCUT2D eigenvalue weighted by Crippen LogP contribution is 2.24. The topological polar surface area (TPSA) is 46.3 Å². The minimum absolute atomic E-state index is 0.00493. The molecule has 0 bridgehead atoms. The highest BCUT2D eigenvalue weighted by molar-refractivity contribution is 5.76. The Balaban J connectivity index is 2.36. The Morgan fingerprint density at radius 2 is 1.76 bits per heavy atom. The van der Waals surface area contributed by atoms with Crippen molar-refractivity contribution in [2.24, 2.45) is 23.5 Å². The number of nitrogens with zero attached hydrogens (tertiary/aromatic N) is 1. The van der Waals surface area contributed by atoms with Crippen molar-refractivity contribution in [2.75, 3.05) is 13.1 Å². The molecule has 3 heteroatoms. The van der Waals surface area contributed by atoms with Crippen molar-refractivity contribution < 1.29 is 4.79 Å². The van der Waals surface area contributed by atoms with E-state index in [1.54, 1.807) is 0 Å². The Bertz CT molecular complexity index is 243. The zero-order valence-corrected chi connectivity index (χ0v) is 11.8. The molecule has 0 aromatic carbocycles. The second kappa shape index (κ2) is 6.39. The molecule has 1 fully saturated rings. The minimum Gasteiger partial charge on any atom is -0.343 e. The quantitative estimate of drug-likeness (QED) is 0.819. The lowest BCUT2D eigenvalue weighted by molar-refractivity contribution is -0.133. The molecule has 1 heterocycles. The van der Waals surface area contributed by atoms with Gasteiger partial charge in [0.05, 0.1) is 0 Å². The second-order valence-electron chi connectivity index (χ2n) is 6.07. The highest BCUT2D eigenvalue weighted by Gasteiger charge is 2.25. The van der Waals surface area contributed by atoms with E-state index < -0.39 is 0 Å². The molecule has 1 rings (SSSR count). The predicted octanol–water partition coefficient (Wildman–Crippen LogP) is 2.25. The molecule has 1 saturated heterocycles. The predicted molar refractivity (Wildman–Crippen MR) is 71.6 cm³/mol. The number of nitrogens with two attached hydrogens (primary N) is 1. The third-order valence-corrected chi connectivity index (χ3v) is 4.10. The van der Waals surface area contributed by atoms with E-state index in [9.17, 15) is 4.79 Å². The molecular weight excluding hydrogens is 212 g/mol. The van der Waals surface area contributed by atoms with Gasteiger partial charge in [-0.15, -0.1) is 0 Å². The van der Waals surface area contributed by atoms with Gasteiger partial charge >= 0.3 is 0 Å². The number of likely N-dealkylation sites (tertiary alicyclic amines) is 1. The maximum atomic E-state index is 12.0. The lowest BCUT2D eigenvalue weighted by Crippen LogP contribution is -2.42. The summed E-state index contributed by atoms with van der Waals surface area (Å²) >= 11 is 0. The van der Waals surface area contributed by atoms with Gasteiger partial charge in [0.25, 0.3) is 0 Å². The van der Waals surface area contributed by atoms with E-state index in [4.69, 9.17) is 5.73 Å². The lowest BCUT2D eigenvalue weighted by Gasteiger charge is -2.34. The molecule has 0 spiro atoms. The summed E-state index contributed by atoms with van der Waals surface area (Å²) in [6.45, 7) is 10.5. The molecule has 100 valence electrons. The summed E-state index contributed by atoms with van der Waals surface area (Å²) in [5.41, 5.74) is 5.95. The molecule has 17 heavy (non-hydrogen) atoms. The molecule has 0 aliphatic carbocycles. The SMILES string of the molecule is CC(C)C1CCN(C(=O)C[C@H](N)C(C)C)CC1. The van der Waals surface area contributed by atoms with Crippen molar-refractivity contribution in [1.29, 1.82) is 0 Å². The van der Waals surface area contributed by atoms with Gasteiger partial charge in [-0.25, -0.2) is 0 Å². The number of hydrogen-bond donors (Lipinski definition) is 1. The Labute approximate surface area is 106 Å². The van der Waals surface area contributed by atoms with Crippen LogP contribution < -0.4 is 5.73 Å². The second-order valence-corrected chi connectivity index (χ2v) is 6.07. The molecular formula is C14H28N2O. The molecule has 1 amide bonds. The number of carbonyl (C=O) groups is 1. The molecule has 1 aliphatic rings. The van der Waals surface area contributed by atoms with Gasteiger partial charge in [0, 0.05) is 25.6 Å². The van der Waals surface area contributed by atoms with Crippen molar-refractivity contribution >= 4 is 5.91 Å². The standard InChI is InChI=1S/C14H28N2O/c1-10(2)12-5-7-16(8-6-12)14(17)9-13(15)11(3)4/h10-13H,5-9,15H2,1-4H3/t13-/m0/s1. The Hall–Kier alpha value is -0.570. The van der Waals surface area contributed by atoms with Gasteiger partial charge in [0.15, 0.2) is 0 Å². The first-order chi connectivity index (χ1) is 7.91. The smallest absolute Gasteiger partial charge is 0.224 e. The van der Waals surface area contributed by atoms with Gasteiger partial charge in [0.2, 0.25) is 5.91 Å². The van der Waals surface area contributed by atoms with E-state index in [1.165, 1.54) is 0 Å². The van der Waals surface area contributed by atoms with Crippen LogP contribution in [0, 0.1) is 17.8 Å². The molecule has 2 N–H and O–H groups in total. The van der Waals surface area contributed by atoms with Crippen LogP contribution in [0.5, 0.6) is 0 Å². The number of hydrogen-bond acceptors (Lipinski definition) is 2. The van der Waals surface area contributed by atoms with Crippen LogP contribution in [0.1, 0.15) is 47.0 Å². The van der Waals surface area contributed by atoms with Gasteiger partial charge in [-0.05, 0) is 30.6 Å². The largest absolute Gasteiger partial charge is 0.343 e. The summed E-state index contributed by atoms with van der Waals surface area (Å²) in [6, 6.07) is 0.00493. The Morgan fingerprint density at radius 1 is 1.24 bits per heavy atom. The van der Waals surface area contributed by atoms with Crippen molar-refractivity contribution in [3.8, 4) is 0 Å². The van der Waals surface area contributed by atoms with Gasteiger partial charge in [-0.2, -0.15) is 0 Å². The molecule has 3 nitrogen and oxygen atoms in total. The number of carbonyl (C=O) groups excluding carboxylic acids is 1. The van der Waals surface area contributed by atoms with Crippen molar-refractivity contribution in [3.05, 3.63) is 0 Å². The molecule has 1 atom stereocenters. The average Bonchev–Trinajstić information content (AvgIpc) is 2.28. The fraction of sp³-hybridized carbons (Fsp3) is 0.929. The monoisotopic (exact) mass is 240 g/mol. The lowest BCUT2D eigenvalue weighted by atomic mass is 9.86. The summed E-state index contributed by atoms with van der Waals surface area (Å²) in [4.78, 5) is 14.0. The van der Waals surface area contributed by atoms with Gasteiger partial charge in [0.1, 0.15) is 0 Å². The highest BCUT2D eigenvalue weighted by atomic mass is 16.2. The first kappa shape index (κ1) is 14.5. The molecule has 0 unspecified atom stereocenters. The van der Waals surface area contributed by atoms with Crippen molar-refractivity contribution in [2.45, 2.75) is 53.0 Å².